The Morgan fingerprint density at radius 2 is 1.55 bits per heavy atom. The number of fused-ring (bicyclic) bond motifs is 1. The Bertz CT molecular complexity index is 676. The van der Waals surface area contributed by atoms with Crippen molar-refractivity contribution in [1.82, 2.24) is 4.90 Å². The zero-order chi connectivity index (χ0) is 14.3. The van der Waals surface area contributed by atoms with Gasteiger partial charge in [0.2, 0.25) is 0 Å². The van der Waals surface area contributed by atoms with Crippen LogP contribution in [0, 0.1) is 6.92 Å². The normalized spacial score (nSPS) is 15.4. The molecule has 0 saturated heterocycles. The van der Waals surface area contributed by atoms with Crippen LogP contribution in [0.2, 0.25) is 5.02 Å². The molecule has 1 heterocycles. The van der Waals surface area contributed by atoms with Crippen LogP contribution in [0.3, 0.4) is 0 Å². The number of carbonyl (C=O) groups is 2. The lowest BCUT2D eigenvalue weighted by Gasteiger charge is -2.22. The number of amides is 2. The molecule has 4 heteroatoms. The Labute approximate surface area is 121 Å². The maximum atomic E-state index is 12.3. The Kier molecular flexibility index (Phi) is 3.07. The topological polar surface area (TPSA) is 37.4 Å². The second kappa shape index (κ2) is 4.76. The second-order valence-electron chi connectivity index (χ2n) is 4.60. The van der Waals surface area contributed by atoms with Crippen molar-refractivity contribution in [3.8, 4) is 0 Å². The first kappa shape index (κ1) is 12.9. The molecule has 2 aromatic rings. The molecule has 3 rings (SSSR count). The molecule has 1 aliphatic heterocycles. The highest BCUT2D eigenvalue weighted by Crippen LogP contribution is 2.31. The van der Waals surface area contributed by atoms with Crippen LogP contribution in [-0.4, -0.2) is 16.7 Å². The lowest BCUT2D eigenvalue weighted by Crippen LogP contribution is -2.32. The van der Waals surface area contributed by atoms with Gasteiger partial charge in [-0.25, -0.2) is 0 Å². The molecule has 1 atom stereocenters. The van der Waals surface area contributed by atoms with E-state index < -0.39 is 6.04 Å². The Hall–Kier alpha value is -2.13. The van der Waals surface area contributed by atoms with E-state index in [9.17, 15) is 9.59 Å². The molecular weight excluding hydrogens is 274 g/mol. The average Bonchev–Trinajstić information content (AvgIpc) is 2.71. The first-order valence-electron chi connectivity index (χ1n) is 6.15. The van der Waals surface area contributed by atoms with E-state index >= 15 is 0 Å². The summed E-state index contributed by atoms with van der Waals surface area (Å²) in [5.74, 6) is -0.629. The van der Waals surface area contributed by atoms with Gasteiger partial charge in [0.15, 0.2) is 0 Å². The van der Waals surface area contributed by atoms with Crippen LogP contribution in [0.5, 0.6) is 0 Å². The number of hydrogen-bond acceptors (Lipinski definition) is 2. The smallest absolute Gasteiger partial charge is 0.262 e. The molecule has 2 aromatic carbocycles. The third-order valence-corrected chi connectivity index (χ3v) is 3.61. The van der Waals surface area contributed by atoms with E-state index in [1.165, 1.54) is 4.90 Å². The molecule has 3 nitrogen and oxygen atoms in total. The molecule has 0 spiro atoms. The molecule has 2 amide bonds. The molecule has 99 valence electrons. The lowest BCUT2D eigenvalue weighted by atomic mass is 10.1. The van der Waals surface area contributed by atoms with Crippen LogP contribution in [0.1, 0.15) is 32.3 Å². The van der Waals surface area contributed by atoms with Crippen molar-refractivity contribution >= 4 is 23.4 Å². The van der Waals surface area contributed by atoms with Gasteiger partial charge in [-0.1, -0.05) is 35.9 Å². The summed E-state index contributed by atoms with van der Waals surface area (Å²) in [7, 11) is 0. The van der Waals surface area contributed by atoms with E-state index in [-0.39, 0.29) is 11.8 Å². The van der Waals surface area contributed by atoms with E-state index in [1.807, 2.05) is 0 Å². The predicted octanol–water partition coefficient (Wildman–Crippen LogP) is 3.51. The van der Waals surface area contributed by atoms with Gasteiger partial charge in [-0.15, -0.1) is 0 Å². The Balaban J connectivity index is 2.01. The fraction of sp³-hybridized carbons (Fsp3) is 0.0625. The van der Waals surface area contributed by atoms with Gasteiger partial charge in [0.25, 0.3) is 11.8 Å². The van der Waals surface area contributed by atoms with Gasteiger partial charge in [-0.05, 0) is 36.8 Å². The van der Waals surface area contributed by atoms with Crippen LogP contribution in [-0.2, 0) is 0 Å². The first-order chi connectivity index (χ1) is 9.59. The van der Waals surface area contributed by atoms with Gasteiger partial charge in [0.1, 0.15) is 0 Å². The second-order valence-corrected chi connectivity index (χ2v) is 5.03. The maximum Gasteiger partial charge on any atom is 0.262 e. The molecule has 0 unspecified atom stereocenters. The van der Waals surface area contributed by atoms with E-state index in [4.69, 9.17) is 11.6 Å². The van der Waals surface area contributed by atoms with Crippen LogP contribution >= 0.6 is 11.6 Å². The zero-order valence-corrected chi connectivity index (χ0v) is 11.3. The van der Waals surface area contributed by atoms with Crippen molar-refractivity contribution < 1.29 is 9.59 Å². The van der Waals surface area contributed by atoms with Crippen molar-refractivity contribution in [3.05, 3.63) is 77.2 Å². The number of halogens is 1. The molecule has 20 heavy (non-hydrogen) atoms. The summed E-state index contributed by atoms with van der Waals surface area (Å²) in [5, 5.41) is 0.549. The molecule has 0 fully saturated rings. The SMILES string of the molecule is [CH2][C@@H](c1cccc(Cl)c1)N1C(=O)c2ccccc2C1=O. The van der Waals surface area contributed by atoms with E-state index in [0.29, 0.717) is 16.1 Å². The highest BCUT2D eigenvalue weighted by molar-refractivity contribution is 6.30. The maximum absolute atomic E-state index is 12.3. The van der Waals surface area contributed by atoms with Gasteiger partial charge >= 0.3 is 0 Å². The number of hydrogen-bond donors (Lipinski definition) is 0. The van der Waals surface area contributed by atoms with E-state index in [2.05, 4.69) is 6.92 Å². The minimum absolute atomic E-state index is 0.314. The lowest BCUT2D eigenvalue weighted by molar-refractivity contribution is 0.0612. The largest absolute Gasteiger partial charge is 0.269 e. The van der Waals surface area contributed by atoms with Crippen molar-refractivity contribution in [3.63, 3.8) is 0 Å². The van der Waals surface area contributed by atoms with Crippen LogP contribution in [0.4, 0.5) is 0 Å². The van der Waals surface area contributed by atoms with Crippen LogP contribution < -0.4 is 0 Å². The predicted molar refractivity (Wildman–Crippen MR) is 76.5 cm³/mol. The standard InChI is InChI=1S/C16H11ClNO2/c1-10(11-5-4-6-12(17)9-11)18-15(19)13-7-2-3-8-14(13)16(18)20/h2-10H,1H2/t10-/m0/s1. The molecule has 1 radical (unpaired) electrons. The Morgan fingerprint density at radius 1 is 0.950 bits per heavy atom. The summed E-state index contributed by atoms with van der Waals surface area (Å²) in [5.41, 5.74) is 1.58. The van der Waals surface area contributed by atoms with Crippen molar-refractivity contribution in [2.45, 2.75) is 6.04 Å². The van der Waals surface area contributed by atoms with Gasteiger partial charge in [0, 0.05) is 5.02 Å². The van der Waals surface area contributed by atoms with E-state index in [1.54, 1.807) is 48.5 Å². The van der Waals surface area contributed by atoms with Crippen molar-refractivity contribution in [2.24, 2.45) is 0 Å². The minimum Gasteiger partial charge on any atom is -0.269 e. The third kappa shape index (κ3) is 1.91. The summed E-state index contributed by atoms with van der Waals surface area (Å²) in [6, 6.07) is 13.2. The average molecular weight is 285 g/mol. The van der Waals surface area contributed by atoms with Gasteiger partial charge in [-0.2, -0.15) is 0 Å². The quantitative estimate of drug-likeness (QED) is 0.792. The molecular formula is C16H11ClNO2. The highest BCUT2D eigenvalue weighted by Gasteiger charge is 2.38. The minimum atomic E-state index is -0.596. The van der Waals surface area contributed by atoms with Crippen LogP contribution in [0.25, 0.3) is 0 Å². The molecule has 1 aliphatic rings. The zero-order valence-electron chi connectivity index (χ0n) is 10.5. The highest BCUT2D eigenvalue weighted by atomic mass is 35.5. The molecule has 0 aliphatic carbocycles. The van der Waals surface area contributed by atoms with Gasteiger partial charge < -0.3 is 0 Å². The molecule has 0 saturated carbocycles. The van der Waals surface area contributed by atoms with Gasteiger partial charge in [-0.3, -0.25) is 14.5 Å². The molecule has 0 bridgehead atoms. The number of nitrogens with zero attached hydrogens (tertiary/aromatic N) is 1. The number of rotatable bonds is 2. The fourth-order valence-electron chi connectivity index (χ4n) is 2.35. The van der Waals surface area contributed by atoms with Crippen molar-refractivity contribution in [1.29, 1.82) is 0 Å². The molecule has 0 aromatic heterocycles. The summed E-state index contributed by atoms with van der Waals surface area (Å²) < 4.78 is 0. The van der Waals surface area contributed by atoms with Crippen molar-refractivity contribution in [2.75, 3.05) is 0 Å². The summed E-state index contributed by atoms with van der Waals surface area (Å²) >= 11 is 5.94. The number of carbonyl (C=O) groups excluding carboxylic acids is 2. The van der Waals surface area contributed by atoms with E-state index in [0.717, 1.165) is 5.56 Å². The summed E-state index contributed by atoms with van der Waals surface area (Å²) in [6.45, 7) is 3.94. The Morgan fingerprint density at radius 3 is 2.10 bits per heavy atom. The monoisotopic (exact) mass is 284 g/mol. The van der Waals surface area contributed by atoms with Gasteiger partial charge in [0.05, 0.1) is 17.2 Å². The summed E-state index contributed by atoms with van der Waals surface area (Å²) in [4.78, 5) is 25.9. The van der Waals surface area contributed by atoms with Crippen LogP contribution in [0.15, 0.2) is 48.5 Å². The first-order valence-corrected chi connectivity index (χ1v) is 6.53. The summed E-state index contributed by atoms with van der Waals surface area (Å²) in [6.07, 6.45) is 0. The fourth-order valence-corrected chi connectivity index (χ4v) is 2.55. The number of imide groups is 1. The third-order valence-electron chi connectivity index (χ3n) is 3.37. The number of benzene rings is 2. The molecule has 0 N–H and O–H groups in total.